The number of amides is 4. The Morgan fingerprint density at radius 3 is 2.14 bits per heavy atom. The summed E-state index contributed by atoms with van der Waals surface area (Å²) in [5.74, 6) is -1.95. The van der Waals surface area contributed by atoms with Crippen LogP contribution in [-0.4, -0.2) is 37.4 Å². The molecule has 2 aromatic carbocycles. The number of nitrogens with one attached hydrogen (secondary N) is 3. The summed E-state index contributed by atoms with van der Waals surface area (Å²) in [6.45, 7) is -0.401. The molecule has 4 amide bonds. The summed E-state index contributed by atoms with van der Waals surface area (Å²) in [6.07, 6.45) is -1.20. The number of hydrogen-bond acceptors (Lipinski definition) is 5. The molecule has 0 heterocycles. The molecule has 8 heteroatoms. The highest BCUT2D eigenvalue weighted by Crippen LogP contribution is 2.17. The third-order valence-electron chi connectivity index (χ3n) is 3.69. The van der Waals surface area contributed by atoms with Crippen LogP contribution in [0.5, 0.6) is 0 Å². The van der Waals surface area contributed by atoms with Crippen LogP contribution in [-0.2, 0) is 25.5 Å². The second kappa shape index (κ2) is 10.5. The SMILES string of the molecule is CNC(=O)NC(=O)[C@H](OC(=O)CNC(=O)Cc1ccccc1)c1ccccc1. The second-order valence-electron chi connectivity index (χ2n) is 5.79. The number of esters is 1. The highest BCUT2D eigenvalue weighted by atomic mass is 16.5. The summed E-state index contributed by atoms with van der Waals surface area (Å²) in [6, 6.07) is 16.6. The Bertz CT molecular complexity index is 824. The molecule has 0 aromatic heterocycles. The van der Waals surface area contributed by atoms with Gasteiger partial charge in [0.25, 0.3) is 5.91 Å². The number of carbonyl (C=O) groups excluding carboxylic acids is 4. The molecule has 146 valence electrons. The van der Waals surface area contributed by atoms with Gasteiger partial charge in [0.1, 0.15) is 6.54 Å². The summed E-state index contributed by atoms with van der Waals surface area (Å²) in [4.78, 5) is 47.7. The minimum Gasteiger partial charge on any atom is -0.446 e. The molecule has 0 radical (unpaired) electrons. The minimum absolute atomic E-state index is 0.118. The summed E-state index contributed by atoms with van der Waals surface area (Å²) >= 11 is 0. The fourth-order valence-corrected chi connectivity index (χ4v) is 2.33. The van der Waals surface area contributed by atoms with Crippen molar-refractivity contribution in [1.82, 2.24) is 16.0 Å². The van der Waals surface area contributed by atoms with Gasteiger partial charge in [0.2, 0.25) is 12.0 Å². The number of ether oxygens (including phenoxy) is 1. The lowest BCUT2D eigenvalue weighted by Gasteiger charge is -2.17. The first-order chi connectivity index (χ1) is 13.5. The van der Waals surface area contributed by atoms with Crippen LogP contribution in [0.3, 0.4) is 0 Å². The van der Waals surface area contributed by atoms with Crippen molar-refractivity contribution in [2.45, 2.75) is 12.5 Å². The minimum atomic E-state index is -1.32. The van der Waals surface area contributed by atoms with E-state index in [2.05, 4.69) is 16.0 Å². The van der Waals surface area contributed by atoms with E-state index in [1.54, 1.807) is 42.5 Å². The van der Waals surface area contributed by atoms with Crippen molar-refractivity contribution in [3.8, 4) is 0 Å². The molecule has 8 nitrogen and oxygen atoms in total. The van der Waals surface area contributed by atoms with Gasteiger partial charge in [-0.25, -0.2) is 4.79 Å². The van der Waals surface area contributed by atoms with Gasteiger partial charge in [0.05, 0.1) is 6.42 Å². The zero-order valence-electron chi connectivity index (χ0n) is 15.3. The van der Waals surface area contributed by atoms with Gasteiger partial charge < -0.3 is 15.4 Å². The van der Waals surface area contributed by atoms with E-state index < -0.39 is 30.6 Å². The van der Waals surface area contributed by atoms with Crippen molar-refractivity contribution in [3.05, 3.63) is 71.8 Å². The van der Waals surface area contributed by atoms with Crippen LogP contribution in [0.4, 0.5) is 4.79 Å². The van der Waals surface area contributed by atoms with E-state index in [0.29, 0.717) is 5.56 Å². The number of benzene rings is 2. The lowest BCUT2D eigenvalue weighted by atomic mass is 10.1. The molecule has 0 aliphatic rings. The van der Waals surface area contributed by atoms with E-state index >= 15 is 0 Å². The van der Waals surface area contributed by atoms with Crippen molar-refractivity contribution < 1.29 is 23.9 Å². The predicted molar refractivity (Wildman–Crippen MR) is 101 cm³/mol. The Morgan fingerprint density at radius 1 is 0.929 bits per heavy atom. The predicted octanol–water partition coefficient (Wildman–Crippen LogP) is 1.09. The molecule has 2 rings (SSSR count). The van der Waals surface area contributed by atoms with E-state index in [1.807, 2.05) is 18.2 Å². The van der Waals surface area contributed by atoms with E-state index in [9.17, 15) is 19.2 Å². The lowest BCUT2D eigenvalue weighted by Crippen LogP contribution is -2.42. The largest absolute Gasteiger partial charge is 0.446 e. The molecule has 0 saturated carbocycles. The van der Waals surface area contributed by atoms with Gasteiger partial charge in [0, 0.05) is 12.6 Å². The Morgan fingerprint density at radius 2 is 1.54 bits per heavy atom. The molecule has 3 N–H and O–H groups in total. The maximum absolute atomic E-state index is 12.3. The smallest absolute Gasteiger partial charge is 0.326 e. The van der Waals surface area contributed by atoms with Crippen molar-refractivity contribution >= 4 is 23.8 Å². The van der Waals surface area contributed by atoms with Crippen LogP contribution in [0.2, 0.25) is 0 Å². The van der Waals surface area contributed by atoms with Crippen LogP contribution in [0.1, 0.15) is 17.2 Å². The van der Waals surface area contributed by atoms with Gasteiger partial charge in [-0.05, 0) is 5.56 Å². The Hall–Kier alpha value is -3.68. The normalized spacial score (nSPS) is 11.0. The molecule has 28 heavy (non-hydrogen) atoms. The molecule has 0 bridgehead atoms. The Kier molecular flexibility index (Phi) is 7.71. The van der Waals surface area contributed by atoms with Crippen LogP contribution < -0.4 is 16.0 Å². The van der Waals surface area contributed by atoms with Crippen LogP contribution in [0.25, 0.3) is 0 Å². The maximum atomic E-state index is 12.3. The maximum Gasteiger partial charge on any atom is 0.326 e. The zero-order valence-corrected chi connectivity index (χ0v) is 15.3. The highest BCUT2D eigenvalue weighted by Gasteiger charge is 2.26. The molecule has 1 atom stereocenters. The van der Waals surface area contributed by atoms with E-state index in [-0.39, 0.29) is 12.3 Å². The van der Waals surface area contributed by atoms with Crippen LogP contribution in [0.15, 0.2) is 60.7 Å². The fraction of sp³-hybridized carbons (Fsp3) is 0.200. The topological polar surface area (TPSA) is 114 Å². The number of rotatable bonds is 7. The monoisotopic (exact) mass is 383 g/mol. The van der Waals surface area contributed by atoms with Gasteiger partial charge in [-0.1, -0.05) is 60.7 Å². The lowest BCUT2D eigenvalue weighted by molar-refractivity contribution is -0.155. The third-order valence-corrected chi connectivity index (χ3v) is 3.69. The summed E-state index contributed by atoms with van der Waals surface area (Å²) < 4.78 is 5.20. The average Bonchev–Trinajstić information content (AvgIpc) is 2.71. The van der Waals surface area contributed by atoms with E-state index in [4.69, 9.17) is 4.74 Å². The van der Waals surface area contributed by atoms with Gasteiger partial charge in [-0.15, -0.1) is 0 Å². The molecular formula is C20H21N3O5. The first kappa shape index (κ1) is 20.6. The molecule has 2 aromatic rings. The average molecular weight is 383 g/mol. The summed E-state index contributed by atoms with van der Waals surface area (Å²) in [5, 5.41) is 6.78. The van der Waals surface area contributed by atoms with E-state index in [1.165, 1.54) is 7.05 Å². The second-order valence-corrected chi connectivity index (χ2v) is 5.79. The molecule has 0 saturated heterocycles. The first-order valence-corrected chi connectivity index (χ1v) is 8.57. The Labute approximate surface area is 162 Å². The van der Waals surface area contributed by atoms with Crippen molar-refractivity contribution in [2.75, 3.05) is 13.6 Å². The van der Waals surface area contributed by atoms with Gasteiger partial charge in [0.15, 0.2) is 0 Å². The fourth-order valence-electron chi connectivity index (χ4n) is 2.33. The summed E-state index contributed by atoms with van der Waals surface area (Å²) in [7, 11) is 1.36. The van der Waals surface area contributed by atoms with Crippen LogP contribution >= 0.6 is 0 Å². The van der Waals surface area contributed by atoms with Gasteiger partial charge in [-0.2, -0.15) is 0 Å². The molecule has 0 spiro atoms. The molecular weight excluding hydrogens is 362 g/mol. The molecule has 0 unspecified atom stereocenters. The molecule has 0 fully saturated rings. The summed E-state index contributed by atoms with van der Waals surface area (Å²) in [5.41, 5.74) is 1.20. The quantitative estimate of drug-likeness (QED) is 0.619. The number of imide groups is 1. The van der Waals surface area contributed by atoms with Crippen molar-refractivity contribution in [3.63, 3.8) is 0 Å². The molecule has 0 aliphatic heterocycles. The van der Waals surface area contributed by atoms with Crippen molar-refractivity contribution in [2.24, 2.45) is 0 Å². The van der Waals surface area contributed by atoms with Gasteiger partial charge >= 0.3 is 12.0 Å². The molecule has 0 aliphatic carbocycles. The van der Waals surface area contributed by atoms with Crippen molar-refractivity contribution in [1.29, 1.82) is 0 Å². The number of carbonyl (C=O) groups is 4. The highest BCUT2D eigenvalue weighted by molar-refractivity contribution is 5.97. The third kappa shape index (κ3) is 6.56. The first-order valence-electron chi connectivity index (χ1n) is 8.57. The zero-order chi connectivity index (χ0) is 20.4. The Balaban J connectivity index is 1.95. The number of urea groups is 1. The van der Waals surface area contributed by atoms with E-state index in [0.717, 1.165) is 5.56 Å². The number of hydrogen-bond donors (Lipinski definition) is 3. The van der Waals surface area contributed by atoms with Gasteiger partial charge in [-0.3, -0.25) is 19.7 Å². The standard InChI is InChI=1S/C20H21N3O5/c1-21-20(27)23-19(26)18(15-10-6-3-7-11-15)28-17(25)13-22-16(24)12-14-8-4-2-5-9-14/h2-11,18H,12-13H2,1H3,(H,22,24)(H2,21,23,26,27)/t18-/m1/s1. The van der Waals surface area contributed by atoms with Crippen LogP contribution in [0, 0.1) is 0 Å².